The van der Waals surface area contributed by atoms with Gasteiger partial charge in [0, 0.05) is 38.8 Å². The molecule has 6 nitrogen and oxygen atoms in total. The van der Waals surface area contributed by atoms with Gasteiger partial charge in [-0.2, -0.15) is 4.31 Å². The second kappa shape index (κ2) is 8.35. The number of amides is 1. The van der Waals surface area contributed by atoms with Gasteiger partial charge in [0.25, 0.3) is 15.9 Å². The van der Waals surface area contributed by atoms with E-state index < -0.39 is 10.0 Å². The van der Waals surface area contributed by atoms with E-state index in [1.165, 1.54) is 0 Å². The maximum Gasteiger partial charge on any atom is 0.264 e. The normalized spacial score (nSPS) is 23.3. The minimum atomic E-state index is -3.47. The third-order valence-corrected chi connectivity index (χ3v) is 8.33. The molecule has 1 aromatic rings. The van der Waals surface area contributed by atoms with Gasteiger partial charge in [-0.3, -0.25) is 4.79 Å². The van der Waals surface area contributed by atoms with E-state index in [4.69, 9.17) is 0 Å². The Morgan fingerprint density at radius 2 is 1.88 bits per heavy atom. The molecule has 2 aliphatic rings. The fourth-order valence-electron chi connectivity index (χ4n) is 3.21. The molecule has 0 radical (unpaired) electrons. The smallest absolute Gasteiger partial charge is 0.264 e. The van der Waals surface area contributed by atoms with Crippen molar-refractivity contribution in [3.8, 4) is 0 Å². The summed E-state index contributed by atoms with van der Waals surface area (Å²) in [6, 6.07) is 3.36. The van der Waals surface area contributed by atoms with Crippen molar-refractivity contribution in [1.29, 1.82) is 0 Å². The molecule has 25 heavy (non-hydrogen) atoms. The number of piperidine rings is 1. The molecule has 1 N–H and O–H groups in total. The summed E-state index contributed by atoms with van der Waals surface area (Å²) in [4.78, 5) is 15.0. The van der Waals surface area contributed by atoms with Crippen molar-refractivity contribution in [2.24, 2.45) is 5.92 Å². The number of nitrogens with zero attached hydrogens (tertiary/aromatic N) is 2. The molecular formula is C16H26ClN3O3S2. The lowest BCUT2D eigenvalue weighted by Crippen LogP contribution is -2.52. The van der Waals surface area contributed by atoms with Crippen LogP contribution in [0.15, 0.2) is 16.3 Å². The summed E-state index contributed by atoms with van der Waals surface area (Å²) in [5, 5.41) is 3.25. The van der Waals surface area contributed by atoms with Crippen molar-refractivity contribution < 1.29 is 13.2 Å². The van der Waals surface area contributed by atoms with E-state index in [1.54, 1.807) is 16.4 Å². The van der Waals surface area contributed by atoms with Gasteiger partial charge in [-0.1, -0.05) is 6.92 Å². The van der Waals surface area contributed by atoms with Crippen LogP contribution in [0.25, 0.3) is 0 Å². The molecule has 0 bridgehead atoms. The van der Waals surface area contributed by atoms with E-state index in [9.17, 15) is 13.2 Å². The molecular weight excluding hydrogens is 382 g/mol. The van der Waals surface area contributed by atoms with Gasteiger partial charge in [0.2, 0.25) is 0 Å². The zero-order valence-corrected chi connectivity index (χ0v) is 17.1. The van der Waals surface area contributed by atoms with Crippen molar-refractivity contribution >= 4 is 39.7 Å². The fraction of sp³-hybridized carbons (Fsp3) is 0.688. The third kappa shape index (κ3) is 4.36. The number of piperazine rings is 1. The summed E-state index contributed by atoms with van der Waals surface area (Å²) in [6.45, 7) is 7.50. The Morgan fingerprint density at radius 3 is 2.52 bits per heavy atom. The van der Waals surface area contributed by atoms with Crippen LogP contribution in [-0.2, 0) is 10.0 Å². The van der Waals surface area contributed by atoms with Crippen LogP contribution in [0.3, 0.4) is 0 Å². The molecule has 1 amide bonds. The number of rotatable bonds is 3. The molecule has 0 spiro atoms. The molecule has 0 saturated carbocycles. The summed E-state index contributed by atoms with van der Waals surface area (Å²) < 4.78 is 27.4. The average Bonchev–Trinajstić information content (AvgIpc) is 3.06. The highest BCUT2D eigenvalue weighted by Gasteiger charge is 2.31. The summed E-state index contributed by atoms with van der Waals surface area (Å²) in [5.74, 6) is 0.508. The van der Waals surface area contributed by atoms with Crippen molar-refractivity contribution in [2.45, 2.75) is 36.9 Å². The Morgan fingerprint density at radius 1 is 1.20 bits per heavy atom. The lowest BCUT2D eigenvalue weighted by Gasteiger charge is -2.33. The van der Waals surface area contributed by atoms with Gasteiger partial charge in [-0.15, -0.1) is 23.7 Å². The number of carbonyl (C=O) groups excluding carboxylic acids is 1. The third-order valence-electron chi connectivity index (χ3n) is 4.89. The summed E-state index contributed by atoms with van der Waals surface area (Å²) >= 11 is 1.10. The number of hydrogen-bond donors (Lipinski definition) is 1. The number of sulfonamides is 1. The van der Waals surface area contributed by atoms with Crippen LogP contribution in [0.1, 0.15) is 36.4 Å². The molecule has 142 valence electrons. The minimum Gasteiger partial charge on any atom is -0.333 e. The topological polar surface area (TPSA) is 69.7 Å². The first-order chi connectivity index (χ1) is 11.4. The van der Waals surface area contributed by atoms with E-state index >= 15 is 0 Å². The zero-order chi connectivity index (χ0) is 17.3. The molecule has 0 aliphatic carbocycles. The monoisotopic (exact) mass is 407 g/mol. The SMILES string of the molecule is CC1CCN(S(=O)(=O)c2ccc(C(=O)N3CCNC[C@H]3C)s2)CC1.Cl. The Labute approximate surface area is 160 Å². The van der Waals surface area contributed by atoms with Crippen molar-refractivity contribution in [2.75, 3.05) is 32.7 Å². The predicted molar refractivity (Wildman–Crippen MR) is 102 cm³/mol. The van der Waals surface area contributed by atoms with Gasteiger partial charge in [0.15, 0.2) is 0 Å². The van der Waals surface area contributed by atoms with Crippen molar-refractivity contribution in [3.63, 3.8) is 0 Å². The first kappa shape index (κ1) is 20.6. The number of carbonyl (C=O) groups is 1. The Bertz CT molecular complexity index is 699. The quantitative estimate of drug-likeness (QED) is 0.832. The van der Waals surface area contributed by atoms with Gasteiger partial charge < -0.3 is 10.2 Å². The number of hydrogen-bond acceptors (Lipinski definition) is 5. The number of nitrogens with one attached hydrogen (secondary N) is 1. The maximum absolute atomic E-state index is 12.8. The zero-order valence-electron chi connectivity index (χ0n) is 14.6. The minimum absolute atomic E-state index is 0. The highest BCUT2D eigenvalue weighted by molar-refractivity contribution is 7.91. The van der Waals surface area contributed by atoms with Crippen molar-refractivity contribution in [3.05, 3.63) is 17.0 Å². The molecule has 0 aromatic carbocycles. The molecule has 9 heteroatoms. The molecule has 3 rings (SSSR count). The van der Waals surface area contributed by atoms with Crippen LogP contribution in [0.4, 0.5) is 0 Å². The van der Waals surface area contributed by atoms with E-state index in [0.717, 1.165) is 37.3 Å². The average molecular weight is 408 g/mol. The van der Waals surface area contributed by atoms with Gasteiger partial charge in [0.1, 0.15) is 4.21 Å². The number of thiophene rings is 1. The molecule has 1 aromatic heterocycles. The van der Waals surface area contributed by atoms with Crippen LogP contribution in [0, 0.1) is 5.92 Å². The van der Waals surface area contributed by atoms with E-state index in [-0.39, 0.29) is 28.6 Å². The molecule has 3 heterocycles. The highest BCUT2D eigenvalue weighted by atomic mass is 35.5. The predicted octanol–water partition coefficient (Wildman–Crippen LogP) is 2.02. The molecule has 2 fully saturated rings. The molecule has 2 saturated heterocycles. The van der Waals surface area contributed by atoms with Gasteiger partial charge >= 0.3 is 0 Å². The van der Waals surface area contributed by atoms with Gasteiger partial charge in [-0.25, -0.2) is 8.42 Å². The van der Waals surface area contributed by atoms with E-state index in [2.05, 4.69) is 12.2 Å². The van der Waals surface area contributed by atoms with Crippen LogP contribution >= 0.6 is 23.7 Å². The second-order valence-electron chi connectivity index (χ2n) is 6.76. The molecule has 1 atom stereocenters. The van der Waals surface area contributed by atoms with E-state index in [1.807, 2.05) is 11.8 Å². The molecule has 2 aliphatic heterocycles. The van der Waals surface area contributed by atoms with Gasteiger partial charge in [0.05, 0.1) is 4.88 Å². The van der Waals surface area contributed by atoms with Crippen molar-refractivity contribution in [1.82, 2.24) is 14.5 Å². The first-order valence-electron chi connectivity index (χ1n) is 8.51. The standard InChI is InChI=1S/C16H25N3O3S2.ClH/c1-12-5-8-18(9-6-12)24(21,22)15-4-3-14(23-15)16(20)19-10-7-17-11-13(19)2;/h3-4,12-13,17H,5-11H2,1-2H3;1H/t13-;/m1./s1. The fourth-order valence-corrected chi connectivity index (χ4v) is 6.10. The van der Waals surface area contributed by atoms with E-state index in [0.29, 0.717) is 30.4 Å². The van der Waals surface area contributed by atoms with Gasteiger partial charge in [-0.05, 0) is 37.8 Å². The van der Waals surface area contributed by atoms with Crippen LogP contribution in [0.2, 0.25) is 0 Å². The largest absolute Gasteiger partial charge is 0.333 e. The summed E-state index contributed by atoms with van der Waals surface area (Å²) in [6.07, 6.45) is 1.80. The lowest BCUT2D eigenvalue weighted by molar-refractivity contribution is 0.0661. The highest BCUT2D eigenvalue weighted by Crippen LogP contribution is 2.29. The lowest BCUT2D eigenvalue weighted by atomic mass is 10.0. The maximum atomic E-state index is 12.8. The van der Waals surface area contributed by atoms with Crippen LogP contribution in [-0.4, -0.2) is 62.3 Å². The second-order valence-corrected chi connectivity index (χ2v) is 10.0. The number of halogens is 1. The molecule has 0 unspecified atom stereocenters. The van der Waals surface area contributed by atoms with Crippen LogP contribution in [0.5, 0.6) is 0 Å². The Balaban J connectivity index is 0.00000225. The Kier molecular flexibility index (Phi) is 6.89. The Hall–Kier alpha value is -0.670. The summed E-state index contributed by atoms with van der Waals surface area (Å²) in [7, 11) is -3.47. The summed E-state index contributed by atoms with van der Waals surface area (Å²) in [5.41, 5.74) is 0. The first-order valence-corrected chi connectivity index (χ1v) is 10.8. The van der Waals surface area contributed by atoms with Crippen LogP contribution < -0.4 is 5.32 Å².